The second-order valence-electron chi connectivity index (χ2n) is 5.80. The van der Waals surface area contributed by atoms with E-state index in [2.05, 4.69) is 4.98 Å². The molecule has 1 unspecified atom stereocenters. The summed E-state index contributed by atoms with van der Waals surface area (Å²) in [4.78, 5) is 29.8. The van der Waals surface area contributed by atoms with Crippen LogP contribution in [0.3, 0.4) is 0 Å². The molecule has 0 bridgehead atoms. The van der Waals surface area contributed by atoms with Crippen LogP contribution in [0.2, 0.25) is 0 Å². The molecule has 1 aliphatic rings. The average molecular weight is 322 g/mol. The van der Waals surface area contributed by atoms with Crippen LogP contribution in [0.1, 0.15) is 18.4 Å². The molecule has 0 saturated carbocycles. The average Bonchev–Trinajstić information content (AvgIpc) is 3.11. The molecule has 7 heteroatoms. The van der Waals surface area contributed by atoms with Gasteiger partial charge in [-0.3, -0.25) is 18.6 Å². The molecule has 4 heterocycles. The van der Waals surface area contributed by atoms with Crippen molar-refractivity contribution in [1.82, 2.24) is 14.0 Å². The number of nitriles is 1. The Hall–Kier alpha value is -2.98. The second kappa shape index (κ2) is 5.58. The maximum absolute atomic E-state index is 12.7. The molecule has 1 fully saturated rings. The van der Waals surface area contributed by atoms with E-state index in [0.29, 0.717) is 24.4 Å². The first-order valence-electron chi connectivity index (χ1n) is 7.75. The van der Waals surface area contributed by atoms with Crippen LogP contribution in [0.15, 0.2) is 40.1 Å². The molecule has 0 aliphatic carbocycles. The molecule has 1 atom stereocenters. The fourth-order valence-electron chi connectivity index (χ4n) is 3.11. The normalized spacial score (nSPS) is 17.4. The Bertz CT molecular complexity index is 1100. The third-order valence-corrected chi connectivity index (χ3v) is 4.30. The maximum Gasteiger partial charge on any atom is 0.270 e. The second-order valence-corrected chi connectivity index (χ2v) is 5.80. The fourth-order valence-corrected chi connectivity index (χ4v) is 3.11. The first kappa shape index (κ1) is 14.6. The summed E-state index contributed by atoms with van der Waals surface area (Å²) in [7, 11) is 0. The number of ether oxygens (including phenoxy) is 1. The van der Waals surface area contributed by atoms with Gasteiger partial charge < -0.3 is 4.74 Å². The summed E-state index contributed by atoms with van der Waals surface area (Å²) in [5.41, 5.74) is -0.0398. The zero-order valence-electron chi connectivity index (χ0n) is 12.8. The molecule has 0 N–H and O–H groups in total. The first-order chi connectivity index (χ1) is 11.7. The molecule has 120 valence electrons. The summed E-state index contributed by atoms with van der Waals surface area (Å²) < 4.78 is 8.41. The zero-order chi connectivity index (χ0) is 16.7. The predicted octanol–water partition coefficient (Wildman–Crippen LogP) is 1.06. The van der Waals surface area contributed by atoms with E-state index in [1.807, 2.05) is 6.07 Å². The highest BCUT2D eigenvalue weighted by atomic mass is 16.5. The topological polar surface area (TPSA) is 89.4 Å². The number of rotatable bonds is 2. The predicted molar refractivity (Wildman–Crippen MR) is 86.9 cm³/mol. The molecule has 0 radical (unpaired) electrons. The highest BCUT2D eigenvalue weighted by molar-refractivity contribution is 5.77. The third kappa shape index (κ3) is 2.20. The first-order valence-corrected chi connectivity index (χ1v) is 7.75. The summed E-state index contributed by atoms with van der Waals surface area (Å²) in [5.74, 6) is 0. The molecule has 0 amide bonds. The van der Waals surface area contributed by atoms with Crippen LogP contribution in [0.4, 0.5) is 0 Å². The van der Waals surface area contributed by atoms with E-state index in [9.17, 15) is 14.9 Å². The van der Waals surface area contributed by atoms with Gasteiger partial charge in [0.05, 0.1) is 18.0 Å². The van der Waals surface area contributed by atoms with Gasteiger partial charge in [-0.15, -0.1) is 0 Å². The number of aromatic nitrogens is 3. The number of hydrogen-bond acceptors (Lipinski definition) is 5. The minimum atomic E-state index is -0.437. The van der Waals surface area contributed by atoms with Gasteiger partial charge in [-0.05, 0) is 31.0 Å². The minimum Gasteiger partial charge on any atom is -0.376 e. The van der Waals surface area contributed by atoms with Crippen molar-refractivity contribution >= 4 is 16.7 Å². The summed E-state index contributed by atoms with van der Waals surface area (Å²) in [5, 5.41) is 9.50. The van der Waals surface area contributed by atoms with Crippen molar-refractivity contribution < 1.29 is 4.74 Å². The third-order valence-electron chi connectivity index (χ3n) is 4.30. The highest BCUT2D eigenvalue weighted by Gasteiger charge is 2.21. The molecule has 0 aromatic carbocycles. The lowest BCUT2D eigenvalue weighted by atomic mass is 10.2. The Morgan fingerprint density at radius 3 is 2.96 bits per heavy atom. The largest absolute Gasteiger partial charge is 0.376 e. The van der Waals surface area contributed by atoms with E-state index in [0.717, 1.165) is 12.8 Å². The van der Waals surface area contributed by atoms with Crippen LogP contribution in [-0.2, 0) is 11.3 Å². The van der Waals surface area contributed by atoms with E-state index in [-0.39, 0.29) is 22.6 Å². The molecule has 0 spiro atoms. The molecule has 7 nitrogen and oxygen atoms in total. The molecule has 24 heavy (non-hydrogen) atoms. The van der Waals surface area contributed by atoms with Crippen molar-refractivity contribution in [2.75, 3.05) is 6.61 Å². The Kier molecular flexibility index (Phi) is 3.40. The highest BCUT2D eigenvalue weighted by Crippen LogP contribution is 2.16. The van der Waals surface area contributed by atoms with Crippen LogP contribution in [0.5, 0.6) is 0 Å². The Morgan fingerprint density at radius 1 is 1.33 bits per heavy atom. The van der Waals surface area contributed by atoms with Gasteiger partial charge in [-0.2, -0.15) is 5.26 Å². The van der Waals surface area contributed by atoms with Crippen LogP contribution < -0.4 is 11.1 Å². The summed E-state index contributed by atoms with van der Waals surface area (Å²) in [6.45, 7) is 0.953. The Balaban J connectivity index is 2.07. The molecule has 1 aliphatic heterocycles. The van der Waals surface area contributed by atoms with Crippen LogP contribution in [-0.4, -0.2) is 26.7 Å². The molecular formula is C17H14N4O3. The Labute approximate surface area is 136 Å². The molecule has 3 aromatic heterocycles. The number of fused-ring (bicyclic) bond motifs is 2. The molecule has 4 rings (SSSR count). The van der Waals surface area contributed by atoms with E-state index in [4.69, 9.17) is 4.74 Å². The lowest BCUT2D eigenvalue weighted by Gasteiger charge is -2.14. The van der Waals surface area contributed by atoms with Crippen molar-refractivity contribution in [3.8, 4) is 6.07 Å². The van der Waals surface area contributed by atoms with Crippen molar-refractivity contribution in [3.05, 3.63) is 56.7 Å². The molecule has 3 aromatic rings. The van der Waals surface area contributed by atoms with E-state index >= 15 is 0 Å². The summed E-state index contributed by atoms with van der Waals surface area (Å²) in [6.07, 6.45) is 3.30. The summed E-state index contributed by atoms with van der Waals surface area (Å²) in [6, 6.07) is 8.43. The van der Waals surface area contributed by atoms with E-state index < -0.39 is 5.56 Å². The van der Waals surface area contributed by atoms with Crippen molar-refractivity contribution in [1.29, 1.82) is 5.26 Å². The van der Waals surface area contributed by atoms with Gasteiger partial charge in [0.15, 0.2) is 5.65 Å². The quantitative estimate of drug-likeness (QED) is 0.658. The SMILES string of the molecule is N#Cc1cc2c(=O)n3ccccc3nc2n(CC2CCCO2)c1=O. The van der Waals surface area contributed by atoms with Gasteiger partial charge in [-0.25, -0.2) is 4.98 Å². The summed E-state index contributed by atoms with van der Waals surface area (Å²) >= 11 is 0. The number of pyridine rings is 2. The van der Waals surface area contributed by atoms with Crippen molar-refractivity contribution in [2.45, 2.75) is 25.5 Å². The van der Waals surface area contributed by atoms with Crippen molar-refractivity contribution in [3.63, 3.8) is 0 Å². The molecular weight excluding hydrogens is 308 g/mol. The fraction of sp³-hybridized carbons (Fsp3) is 0.294. The number of hydrogen-bond donors (Lipinski definition) is 0. The van der Waals surface area contributed by atoms with Gasteiger partial charge in [0.2, 0.25) is 0 Å². The van der Waals surface area contributed by atoms with Gasteiger partial charge in [0, 0.05) is 12.8 Å². The maximum atomic E-state index is 12.7. The standard InChI is InChI=1S/C17H14N4O3/c18-9-11-8-13-15(19-14-5-1-2-6-20(14)17(13)23)21(16(11)22)10-12-4-3-7-24-12/h1-2,5-6,8,12H,3-4,7,10H2. The van der Waals surface area contributed by atoms with Crippen LogP contribution >= 0.6 is 0 Å². The van der Waals surface area contributed by atoms with Gasteiger partial charge in [0.25, 0.3) is 11.1 Å². The van der Waals surface area contributed by atoms with E-state index in [1.54, 1.807) is 24.4 Å². The van der Waals surface area contributed by atoms with Crippen LogP contribution in [0.25, 0.3) is 16.7 Å². The number of nitrogens with zero attached hydrogens (tertiary/aromatic N) is 4. The lowest BCUT2D eigenvalue weighted by molar-refractivity contribution is 0.0971. The zero-order valence-corrected chi connectivity index (χ0v) is 12.8. The van der Waals surface area contributed by atoms with Gasteiger partial charge in [0.1, 0.15) is 17.3 Å². The monoisotopic (exact) mass is 322 g/mol. The lowest BCUT2D eigenvalue weighted by Crippen LogP contribution is -2.31. The van der Waals surface area contributed by atoms with E-state index in [1.165, 1.54) is 15.0 Å². The Morgan fingerprint density at radius 2 is 2.21 bits per heavy atom. The minimum absolute atomic E-state index is 0.0599. The smallest absolute Gasteiger partial charge is 0.270 e. The van der Waals surface area contributed by atoms with Crippen molar-refractivity contribution in [2.24, 2.45) is 0 Å². The molecule has 1 saturated heterocycles. The van der Waals surface area contributed by atoms with Gasteiger partial charge >= 0.3 is 0 Å². The van der Waals surface area contributed by atoms with Crippen LogP contribution in [0, 0.1) is 11.3 Å². The van der Waals surface area contributed by atoms with Gasteiger partial charge in [-0.1, -0.05) is 6.07 Å².